The number of aromatic nitrogens is 1. The average Bonchev–Trinajstić information content (AvgIpc) is 2.39. The van der Waals surface area contributed by atoms with Crippen molar-refractivity contribution in [3.8, 4) is 11.1 Å². The number of aliphatic hydroxyl groups is 1. The van der Waals surface area contributed by atoms with Crippen molar-refractivity contribution in [3.63, 3.8) is 0 Å². The molecule has 0 aliphatic heterocycles. The van der Waals surface area contributed by atoms with Gasteiger partial charge in [-0.15, -0.1) is 0 Å². The molecule has 2 rings (SSSR count). The predicted molar refractivity (Wildman–Crippen MR) is 84.4 cm³/mol. The Kier molecular flexibility index (Phi) is 5.86. The van der Waals surface area contributed by atoms with E-state index in [1.54, 1.807) is 6.92 Å². The third kappa shape index (κ3) is 4.76. The Morgan fingerprint density at radius 3 is 2.10 bits per heavy atom. The normalized spacial score (nSPS) is 10.7. The molecule has 1 heterocycles. The first-order chi connectivity index (χ1) is 9.38. The van der Waals surface area contributed by atoms with Crippen molar-refractivity contribution in [3.05, 3.63) is 53.9 Å². The van der Waals surface area contributed by atoms with Gasteiger partial charge >= 0.3 is 0 Å². The first kappa shape index (κ1) is 16.3. The van der Waals surface area contributed by atoms with E-state index in [-0.39, 0.29) is 12.1 Å². The van der Waals surface area contributed by atoms with Crippen LogP contribution in [0, 0.1) is 6.92 Å². The molecule has 0 radical (unpaired) electrons. The quantitative estimate of drug-likeness (QED) is 0.882. The van der Waals surface area contributed by atoms with Crippen molar-refractivity contribution in [2.75, 3.05) is 6.61 Å². The molecule has 0 saturated heterocycles. The molecule has 0 spiro atoms. The molecule has 0 amide bonds. The first-order valence-corrected chi connectivity index (χ1v) is 6.80. The van der Waals surface area contributed by atoms with E-state index in [4.69, 9.17) is 10.8 Å². The summed E-state index contributed by atoms with van der Waals surface area (Å²) in [4.78, 5) is 4.21. The van der Waals surface area contributed by atoms with E-state index < -0.39 is 0 Å². The van der Waals surface area contributed by atoms with Crippen molar-refractivity contribution >= 4 is 0 Å². The van der Waals surface area contributed by atoms with E-state index in [1.807, 2.05) is 33.2 Å². The van der Waals surface area contributed by atoms with Crippen molar-refractivity contribution in [1.82, 2.24) is 4.98 Å². The maximum atomic E-state index is 7.57. The maximum Gasteiger partial charge on any atom is 0.0402 e. The van der Waals surface area contributed by atoms with E-state index in [2.05, 4.69) is 35.3 Å². The Bertz CT molecular complexity index is 527. The molecule has 1 aromatic carbocycles. The molecule has 3 N–H and O–H groups in total. The Morgan fingerprint density at radius 2 is 1.65 bits per heavy atom. The van der Waals surface area contributed by atoms with Gasteiger partial charge in [0, 0.05) is 30.1 Å². The fourth-order valence-corrected chi connectivity index (χ4v) is 1.81. The maximum absolute atomic E-state index is 7.57. The number of benzene rings is 1. The molecule has 0 atom stereocenters. The summed E-state index contributed by atoms with van der Waals surface area (Å²) in [6, 6.07) is 10.5. The van der Waals surface area contributed by atoms with E-state index >= 15 is 0 Å². The summed E-state index contributed by atoms with van der Waals surface area (Å²) in [6.07, 6.45) is 3.75. The van der Waals surface area contributed by atoms with E-state index in [0.29, 0.717) is 0 Å². The molecular weight excluding hydrogens is 248 g/mol. The van der Waals surface area contributed by atoms with Gasteiger partial charge in [-0.05, 0) is 50.5 Å². The van der Waals surface area contributed by atoms with Crippen LogP contribution in [0.4, 0.5) is 0 Å². The van der Waals surface area contributed by atoms with Gasteiger partial charge in [-0.25, -0.2) is 0 Å². The van der Waals surface area contributed by atoms with Crippen LogP contribution >= 0.6 is 0 Å². The van der Waals surface area contributed by atoms with Crippen LogP contribution in [0.5, 0.6) is 0 Å². The second-order valence-electron chi connectivity index (χ2n) is 5.37. The minimum absolute atomic E-state index is 0.250. The van der Waals surface area contributed by atoms with Gasteiger partial charge in [-0.2, -0.15) is 0 Å². The summed E-state index contributed by atoms with van der Waals surface area (Å²) in [5.41, 5.74) is 10.4. The van der Waals surface area contributed by atoms with Gasteiger partial charge in [0.2, 0.25) is 0 Å². The number of rotatable bonds is 2. The third-order valence-electron chi connectivity index (χ3n) is 2.84. The molecule has 0 aliphatic carbocycles. The number of hydrogen-bond acceptors (Lipinski definition) is 3. The van der Waals surface area contributed by atoms with Crippen LogP contribution in [0.25, 0.3) is 11.1 Å². The van der Waals surface area contributed by atoms with Crippen LogP contribution in [0.3, 0.4) is 0 Å². The summed E-state index contributed by atoms with van der Waals surface area (Å²) in [5.74, 6) is 0. The zero-order valence-corrected chi connectivity index (χ0v) is 12.7. The van der Waals surface area contributed by atoms with Gasteiger partial charge in [0.25, 0.3) is 0 Å². The lowest BCUT2D eigenvalue weighted by Gasteiger charge is -2.19. The zero-order chi connectivity index (χ0) is 15.2. The smallest absolute Gasteiger partial charge is 0.0402 e. The molecule has 3 heteroatoms. The standard InChI is InChI=1S/C15H18N2.C2H6O/c1-11-8-13(10-17-9-11)12-4-6-14(7-5-12)15(2,3)16;1-2-3/h4-10H,16H2,1-3H3;3H,2H2,1H3. The Balaban J connectivity index is 0.000000612. The van der Waals surface area contributed by atoms with Gasteiger partial charge in [0.1, 0.15) is 0 Å². The molecule has 3 nitrogen and oxygen atoms in total. The molecule has 0 unspecified atom stereocenters. The molecule has 0 aliphatic rings. The van der Waals surface area contributed by atoms with Crippen molar-refractivity contribution in [2.24, 2.45) is 5.73 Å². The zero-order valence-electron chi connectivity index (χ0n) is 12.7. The number of hydrogen-bond donors (Lipinski definition) is 2. The molecule has 0 saturated carbocycles. The van der Waals surface area contributed by atoms with Gasteiger partial charge < -0.3 is 10.8 Å². The molecule has 1 aromatic heterocycles. The number of aliphatic hydroxyl groups excluding tert-OH is 1. The third-order valence-corrected chi connectivity index (χ3v) is 2.84. The van der Waals surface area contributed by atoms with E-state index in [0.717, 1.165) is 11.1 Å². The highest BCUT2D eigenvalue weighted by molar-refractivity contribution is 5.63. The highest BCUT2D eigenvalue weighted by atomic mass is 16.2. The molecule has 2 aromatic rings. The van der Waals surface area contributed by atoms with Crippen molar-refractivity contribution in [2.45, 2.75) is 33.2 Å². The summed E-state index contributed by atoms with van der Waals surface area (Å²) < 4.78 is 0. The molecule has 0 fully saturated rings. The van der Waals surface area contributed by atoms with Gasteiger partial charge in [-0.3, -0.25) is 4.98 Å². The Labute approximate surface area is 121 Å². The summed E-state index contributed by atoms with van der Waals surface area (Å²) in [6.45, 7) is 8.00. The molecule has 108 valence electrons. The van der Waals surface area contributed by atoms with E-state index in [9.17, 15) is 0 Å². The lowest BCUT2D eigenvalue weighted by atomic mass is 9.94. The first-order valence-electron chi connectivity index (χ1n) is 6.80. The highest BCUT2D eigenvalue weighted by Gasteiger charge is 2.13. The monoisotopic (exact) mass is 272 g/mol. The van der Waals surface area contributed by atoms with Crippen LogP contribution in [-0.4, -0.2) is 16.7 Å². The Hall–Kier alpha value is -1.71. The molecule has 0 bridgehead atoms. The van der Waals surface area contributed by atoms with Gasteiger partial charge in [0.05, 0.1) is 0 Å². The predicted octanol–water partition coefficient (Wildman–Crippen LogP) is 3.25. The Morgan fingerprint density at radius 1 is 1.10 bits per heavy atom. The largest absolute Gasteiger partial charge is 0.397 e. The summed E-state index contributed by atoms with van der Waals surface area (Å²) in [7, 11) is 0. The van der Waals surface area contributed by atoms with Gasteiger partial charge in [0.15, 0.2) is 0 Å². The number of aryl methyl sites for hydroxylation is 1. The van der Waals surface area contributed by atoms with Gasteiger partial charge in [-0.1, -0.05) is 24.3 Å². The number of nitrogens with two attached hydrogens (primary N) is 1. The molecular formula is C17H24N2O. The minimum atomic E-state index is -0.288. The van der Waals surface area contributed by atoms with Crippen LogP contribution in [0.1, 0.15) is 31.9 Å². The highest BCUT2D eigenvalue weighted by Crippen LogP contribution is 2.23. The fraction of sp³-hybridized carbons (Fsp3) is 0.353. The lowest BCUT2D eigenvalue weighted by Crippen LogP contribution is -2.28. The summed E-state index contributed by atoms with van der Waals surface area (Å²) >= 11 is 0. The molecule has 20 heavy (non-hydrogen) atoms. The SMILES string of the molecule is CCO.Cc1cncc(-c2ccc(C(C)(C)N)cc2)c1. The summed E-state index contributed by atoms with van der Waals surface area (Å²) in [5, 5.41) is 7.57. The van der Waals surface area contributed by atoms with Crippen molar-refractivity contribution < 1.29 is 5.11 Å². The average molecular weight is 272 g/mol. The van der Waals surface area contributed by atoms with Crippen LogP contribution in [0.15, 0.2) is 42.7 Å². The lowest BCUT2D eigenvalue weighted by molar-refractivity contribution is 0.318. The fourth-order valence-electron chi connectivity index (χ4n) is 1.81. The number of pyridine rings is 1. The van der Waals surface area contributed by atoms with Crippen LogP contribution in [0.2, 0.25) is 0 Å². The van der Waals surface area contributed by atoms with E-state index in [1.165, 1.54) is 11.1 Å². The number of nitrogens with zero attached hydrogens (tertiary/aromatic N) is 1. The van der Waals surface area contributed by atoms with Crippen LogP contribution in [-0.2, 0) is 5.54 Å². The topological polar surface area (TPSA) is 59.1 Å². The second-order valence-corrected chi connectivity index (χ2v) is 5.37. The van der Waals surface area contributed by atoms with Crippen molar-refractivity contribution in [1.29, 1.82) is 0 Å². The van der Waals surface area contributed by atoms with Crippen LogP contribution < -0.4 is 5.73 Å². The minimum Gasteiger partial charge on any atom is -0.397 e. The second kappa shape index (κ2) is 7.17.